The van der Waals surface area contributed by atoms with Crippen LogP contribution in [0.15, 0.2) is 36.4 Å². The summed E-state index contributed by atoms with van der Waals surface area (Å²) in [5.41, 5.74) is 0.628. The molecule has 2 rings (SSSR count). The fourth-order valence-corrected chi connectivity index (χ4v) is 2.89. The first-order valence-electron chi connectivity index (χ1n) is 9.68. The van der Waals surface area contributed by atoms with Crippen molar-refractivity contribution in [2.45, 2.75) is 52.4 Å². The van der Waals surface area contributed by atoms with E-state index in [1.807, 2.05) is 13.8 Å². The Morgan fingerprint density at radius 1 is 0.679 bits per heavy atom. The number of amides is 4. The van der Waals surface area contributed by atoms with Crippen LogP contribution in [0.5, 0.6) is 0 Å². The summed E-state index contributed by atoms with van der Waals surface area (Å²) in [4.78, 5) is 48.8. The summed E-state index contributed by atoms with van der Waals surface area (Å²) in [6.07, 6.45) is 3.74. The van der Waals surface area contributed by atoms with Gasteiger partial charge in [0.05, 0.1) is 0 Å². The second kappa shape index (κ2) is 10.3. The number of carbonyl (C=O) groups excluding carboxylic acids is 4. The Balaban J connectivity index is 2.26. The van der Waals surface area contributed by atoms with Crippen LogP contribution < -0.4 is 10.6 Å². The Morgan fingerprint density at radius 2 is 1.07 bits per heavy atom. The predicted octanol–water partition coefficient (Wildman–Crippen LogP) is 3.73. The van der Waals surface area contributed by atoms with Crippen molar-refractivity contribution < 1.29 is 19.2 Å². The molecule has 148 valence electrons. The van der Waals surface area contributed by atoms with E-state index in [4.69, 9.17) is 0 Å². The second-order valence-electron chi connectivity index (χ2n) is 6.67. The van der Waals surface area contributed by atoms with Gasteiger partial charge in [0.2, 0.25) is 11.8 Å². The van der Waals surface area contributed by atoms with Gasteiger partial charge in [0, 0.05) is 24.0 Å². The van der Waals surface area contributed by atoms with Crippen LogP contribution in [-0.4, -0.2) is 23.6 Å². The molecule has 6 nitrogen and oxygen atoms in total. The highest BCUT2D eigenvalue weighted by Gasteiger charge is 2.17. The largest absolute Gasteiger partial charge is 0.292 e. The molecule has 0 radical (unpaired) electrons. The lowest BCUT2D eigenvalue weighted by molar-refractivity contribution is -0.121. The van der Waals surface area contributed by atoms with Crippen molar-refractivity contribution in [1.82, 2.24) is 10.6 Å². The Labute approximate surface area is 164 Å². The van der Waals surface area contributed by atoms with Crippen molar-refractivity contribution >= 4 is 34.4 Å². The fraction of sp³-hybridized carbons (Fsp3) is 0.364. The molecule has 0 aliphatic carbocycles. The highest BCUT2D eigenvalue weighted by Crippen LogP contribution is 2.23. The van der Waals surface area contributed by atoms with Gasteiger partial charge in [0.15, 0.2) is 0 Å². The number of fused-ring (bicyclic) bond motifs is 1. The van der Waals surface area contributed by atoms with Crippen molar-refractivity contribution in [2.75, 3.05) is 0 Å². The predicted molar refractivity (Wildman–Crippen MR) is 108 cm³/mol. The van der Waals surface area contributed by atoms with Gasteiger partial charge in [-0.15, -0.1) is 0 Å². The van der Waals surface area contributed by atoms with Crippen LogP contribution >= 0.6 is 0 Å². The maximum Gasteiger partial charge on any atom is 0.258 e. The minimum atomic E-state index is -0.497. The number of carbonyl (C=O) groups is 4. The smallest absolute Gasteiger partial charge is 0.258 e. The van der Waals surface area contributed by atoms with E-state index in [0.29, 0.717) is 47.6 Å². The topological polar surface area (TPSA) is 92.3 Å². The molecule has 0 spiro atoms. The van der Waals surface area contributed by atoms with Crippen LogP contribution in [0.25, 0.3) is 10.8 Å². The van der Waals surface area contributed by atoms with Gasteiger partial charge in [-0.05, 0) is 35.7 Å². The molecule has 0 saturated carbocycles. The Kier molecular flexibility index (Phi) is 7.87. The molecule has 2 aromatic rings. The lowest BCUT2D eigenvalue weighted by Gasteiger charge is -2.11. The number of hydrogen-bond donors (Lipinski definition) is 2. The van der Waals surface area contributed by atoms with Crippen LogP contribution in [-0.2, 0) is 9.59 Å². The molecule has 6 heteroatoms. The third kappa shape index (κ3) is 5.49. The number of rotatable bonds is 8. The SMILES string of the molecule is CCCCC(=O)NC(=O)c1cccc2c(C(=O)NC(=O)CCCC)cccc12. The van der Waals surface area contributed by atoms with E-state index in [0.717, 1.165) is 12.8 Å². The van der Waals surface area contributed by atoms with Crippen LogP contribution in [0.3, 0.4) is 0 Å². The molecule has 28 heavy (non-hydrogen) atoms. The van der Waals surface area contributed by atoms with Crippen LogP contribution in [0, 0.1) is 0 Å². The maximum absolute atomic E-state index is 12.5. The summed E-state index contributed by atoms with van der Waals surface area (Å²) in [6, 6.07) is 9.97. The standard InChI is InChI=1S/C22H26N2O4/c1-3-5-13-19(25)23-21(27)17-11-7-10-16-15(17)9-8-12-18(16)22(28)24-20(26)14-6-4-2/h7-12H,3-6,13-14H2,1-2H3,(H,23,25,27)(H,24,26,28). The lowest BCUT2D eigenvalue weighted by Crippen LogP contribution is -2.31. The third-order valence-electron chi connectivity index (χ3n) is 4.43. The number of unbranched alkanes of at least 4 members (excludes halogenated alkanes) is 2. The van der Waals surface area contributed by atoms with Crippen molar-refractivity contribution in [3.63, 3.8) is 0 Å². The minimum Gasteiger partial charge on any atom is -0.292 e. The fourth-order valence-electron chi connectivity index (χ4n) is 2.89. The van der Waals surface area contributed by atoms with E-state index in [-0.39, 0.29) is 11.8 Å². The average Bonchev–Trinajstić information content (AvgIpc) is 2.69. The first kappa shape index (κ1) is 21.3. The Bertz CT molecular complexity index is 816. The minimum absolute atomic E-state index is 0.292. The molecule has 0 aliphatic heterocycles. The van der Waals surface area contributed by atoms with Gasteiger partial charge in [-0.1, -0.05) is 51.0 Å². The molecule has 2 N–H and O–H groups in total. The zero-order valence-corrected chi connectivity index (χ0v) is 16.3. The summed E-state index contributed by atoms with van der Waals surface area (Å²) < 4.78 is 0. The third-order valence-corrected chi connectivity index (χ3v) is 4.43. The Morgan fingerprint density at radius 3 is 1.43 bits per heavy atom. The quantitative estimate of drug-likeness (QED) is 0.727. The molecule has 0 unspecified atom stereocenters. The monoisotopic (exact) mass is 382 g/mol. The number of imide groups is 2. The normalized spacial score (nSPS) is 10.5. The molecule has 0 aliphatic rings. The maximum atomic E-state index is 12.5. The lowest BCUT2D eigenvalue weighted by atomic mass is 9.99. The van der Waals surface area contributed by atoms with Gasteiger partial charge in [-0.2, -0.15) is 0 Å². The summed E-state index contributed by atoms with van der Waals surface area (Å²) in [5.74, 6) is -1.63. The van der Waals surface area contributed by atoms with Crippen molar-refractivity contribution in [2.24, 2.45) is 0 Å². The first-order valence-corrected chi connectivity index (χ1v) is 9.68. The molecule has 0 heterocycles. The second-order valence-corrected chi connectivity index (χ2v) is 6.67. The van der Waals surface area contributed by atoms with Crippen molar-refractivity contribution in [3.05, 3.63) is 47.5 Å². The zero-order chi connectivity index (χ0) is 20.5. The van der Waals surface area contributed by atoms with Crippen molar-refractivity contribution in [3.8, 4) is 0 Å². The summed E-state index contributed by atoms with van der Waals surface area (Å²) in [6.45, 7) is 3.94. The van der Waals surface area contributed by atoms with E-state index in [2.05, 4.69) is 10.6 Å². The number of hydrogen-bond acceptors (Lipinski definition) is 4. The van der Waals surface area contributed by atoms with Crippen LogP contribution in [0.2, 0.25) is 0 Å². The molecule has 0 aromatic heterocycles. The molecule has 0 bridgehead atoms. The molecule has 2 aromatic carbocycles. The van der Waals surface area contributed by atoms with Gasteiger partial charge in [0.1, 0.15) is 0 Å². The summed E-state index contributed by atoms with van der Waals surface area (Å²) >= 11 is 0. The first-order chi connectivity index (χ1) is 13.5. The van der Waals surface area contributed by atoms with Crippen LogP contribution in [0.4, 0.5) is 0 Å². The molecule has 4 amide bonds. The van der Waals surface area contributed by atoms with Crippen molar-refractivity contribution in [1.29, 1.82) is 0 Å². The van der Waals surface area contributed by atoms with E-state index in [9.17, 15) is 19.2 Å². The van der Waals surface area contributed by atoms with Gasteiger partial charge in [0.25, 0.3) is 11.8 Å². The highest BCUT2D eigenvalue weighted by molar-refractivity contribution is 6.17. The molecular weight excluding hydrogens is 356 g/mol. The molecule has 0 atom stereocenters. The van der Waals surface area contributed by atoms with Crippen LogP contribution in [0.1, 0.15) is 73.1 Å². The summed E-state index contributed by atoms with van der Waals surface area (Å²) in [5, 5.41) is 5.89. The van der Waals surface area contributed by atoms with E-state index >= 15 is 0 Å². The van der Waals surface area contributed by atoms with Gasteiger partial charge in [-0.3, -0.25) is 29.8 Å². The number of benzene rings is 2. The van der Waals surface area contributed by atoms with Gasteiger partial charge >= 0.3 is 0 Å². The molecule has 0 fully saturated rings. The number of nitrogens with one attached hydrogen (secondary N) is 2. The van der Waals surface area contributed by atoms with E-state index in [1.54, 1.807) is 36.4 Å². The Hall–Kier alpha value is -3.02. The average molecular weight is 382 g/mol. The summed E-state index contributed by atoms with van der Waals surface area (Å²) in [7, 11) is 0. The van der Waals surface area contributed by atoms with Gasteiger partial charge in [-0.25, -0.2) is 0 Å². The van der Waals surface area contributed by atoms with E-state index in [1.165, 1.54) is 0 Å². The zero-order valence-electron chi connectivity index (χ0n) is 16.3. The van der Waals surface area contributed by atoms with E-state index < -0.39 is 11.8 Å². The highest BCUT2D eigenvalue weighted by atomic mass is 16.2. The molecule has 0 saturated heterocycles. The molecular formula is C22H26N2O4. The van der Waals surface area contributed by atoms with Gasteiger partial charge < -0.3 is 0 Å².